The molecule has 6 nitrogen and oxygen atoms in total. The lowest BCUT2D eigenvalue weighted by Crippen LogP contribution is -2.07. The van der Waals surface area contributed by atoms with Crippen LogP contribution in [0.25, 0.3) is 11.2 Å². The summed E-state index contributed by atoms with van der Waals surface area (Å²) < 4.78 is 12.4. The Balaban J connectivity index is 1.89. The first-order chi connectivity index (χ1) is 13.0. The molecule has 0 atom stereocenters. The summed E-state index contributed by atoms with van der Waals surface area (Å²) >= 11 is 6.46. The van der Waals surface area contributed by atoms with Crippen molar-refractivity contribution in [2.24, 2.45) is 0 Å². The van der Waals surface area contributed by atoms with Crippen LogP contribution in [0.3, 0.4) is 0 Å². The lowest BCUT2D eigenvalue weighted by molar-refractivity contribution is 0.0594. The number of fused-ring (bicyclic) bond motifs is 1. The van der Waals surface area contributed by atoms with Gasteiger partial charge in [-0.15, -0.1) is 0 Å². The highest BCUT2D eigenvalue weighted by atomic mass is 35.5. The van der Waals surface area contributed by atoms with Gasteiger partial charge >= 0.3 is 5.97 Å². The van der Waals surface area contributed by atoms with E-state index < -0.39 is 5.97 Å². The number of carbonyl (C=O) groups excluding carboxylic acids is 1. The van der Waals surface area contributed by atoms with Crippen molar-refractivity contribution in [3.63, 3.8) is 0 Å². The molecule has 0 aliphatic rings. The average molecular weight is 388 g/mol. The first-order valence-corrected chi connectivity index (χ1v) is 9.24. The van der Waals surface area contributed by atoms with Crippen LogP contribution < -0.4 is 4.74 Å². The smallest absolute Gasteiger partial charge is 0.356 e. The van der Waals surface area contributed by atoms with Gasteiger partial charge in [0.2, 0.25) is 0 Å². The molecule has 0 saturated carbocycles. The van der Waals surface area contributed by atoms with Crippen LogP contribution in [0.1, 0.15) is 41.6 Å². The Kier molecular flexibility index (Phi) is 5.96. The second kappa shape index (κ2) is 8.39. The van der Waals surface area contributed by atoms with Crippen LogP contribution in [0.2, 0.25) is 5.02 Å². The summed E-state index contributed by atoms with van der Waals surface area (Å²) in [6.07, 6.45) is 2.09. The number of ether oxygens (including phenoxy) is 2. The van der Waals surface area contributed by atoms with E-state index in [-0.39, 0.29) is 5.69 Å². The molecule has 0 unspecified atom stereocenters. The monoisotopic (exact) mass is 387 g/mol. The summed E-state index contributed by atoms with van der Waals surface area (Å²) in [4.78, 5) is 20.7. The summed E-state index contributed by atoms with van der Waals surface area (Å²) in [7, 11) is 1.33. The Morgan fingerprint density at radius 2 is 2.04 bits per heavy atom. The Labute approximate surface area is 163 Å². The van der Waals surface area contributed by atoms with Gasteiger partial charge in [0.05, 0.1) is 20.3 Å². The summed E-state index contributed by atoms with van der Waals surface area (Å²) in [6, 6.07) is 9.07. The first kappa shape index (κ1) is 19.2. The maximum Gasteiger partial charge on any atom is 0.356 e. The van der Waals surface area contributed by atoms with Gasteiger partial charge in [0.25, 0.3) is 0 Å². The third kappa shape index (κ3) is 4.22. The number of nitrogens with zero attached hydrogens (tertiary/aromatic N) is 3. The minimum Gasteiger partial charge on any atom is -0.494 e. The molecular formula is C20H22ClN3O3. The maximum atomic E-state index is 11.8. The zero-order chi connectivity index (χ0) is 19.4. The SMILES string of the molecule is CCCCOc1ccc(Cn2c(C)nc3ccc(C(=O)OC)nc32)c(Cl)c1. The number of aryl methyl sites for hydroxylation is 1. The van der Waals surface area contributed by atoms with Gasteiger partial charge in [0.1, 0.15) is 17.1 Å². The molecule has 0 spiro atoms. The van der Waals surface area contributed by atoms with Crippen LogP contribution in [-0.2, 0) is 11.3 Å². The molecule has 0 saturated heterocycles. The van der Waals surface area contributed by atoms with Crippen molar-refractivity contribution < 1.29 is 14.3 Å². The van der Waals surface area contributed by atoms with E-state index in [1.165, 1.54) is 7.11 Å². The third-order valence-electron chi connectivity index (χ3n) is 4.30. The van der Waals surface area contributed by atoms with Gasteiger partial charge in [0, 0.05) is 5.02 Å². The number of hydrogen-bond donors (Lipinski definition) is 0. The molecule has 2 heterocycles. The number of rotatable bonds is 7. The predicted octanol–water partition coefficient (Wildman–Crippen LogP) is 4.41. The minimum atomic E-state index is -0.478. The van der Waals surface area contributed by atoms with Crippen molar-refractivity contribution in [1.29, 1.82) is 0 Å². The van der Waals surface area contributed by atoms with Crippen LogP contribution in [0.4, 0.5) is 0 Å². The highest BCUT2D eigenvalue weighted by Gasteiger charge is 2.15. The summed E-state index contributed by atoms with van der Waals surface area (Å²) in [5.74, 6) is 1.07. The van der Waals surface area contributed by atoms with E-state index in [0.717, 1.165) is 35.5 Å². The molecule has 0 aliphatic heterocycles. The van der Waals surface area contributed by atoms with E-state index in [2.05, 4.69) is 16.9 Å². The van der Waals surface area contributed by atoms with Crippen molar-refractivity contribution >= 4 is 28.7 Å². The Morgan fingerprint density at radius 1 is 1.22 bits per heavy atom. The number of esters is 1. The highest BCUT2D eigenvalue weighted by molar-refractivity contribution is 6.31. The van der Waals surface area contributed by atoms with Crippen molar-refractivity contribution in [2.45, 2.75) is 33.2 Å². The predicted molar refractivity (Wildman–Crippen MR) is 105 cm³/mol. The van der Waals surface area contributed by atoms with Gasteiger partial charge < -0.3 is 14.0 Å². The number of benzene rings is 1. The van der Waals surface area contributed by atoms with E-state index in [1.807, 2.05) is 29.7 Å². The fraction of sp³-hybridized carbons (Fsp3) is 0.350. The van der Waals surface area contributed by atoms with Gasteiger partial charge in [-0.05, 0) is 43.2 Å². The van der Waals surface area contributed by atoms with Crippen molar-refractivity contribution in [3.05, 3.63) is 52.4 Å². The standard InChI is InChI=1S/C20H22ClN3O3/c1-4-5-10-27-15-7-6-14(16(21)11-15)12-24-13(2)22-17-8-9-18(20(25)26-3)23-19(17)24/h6-9,11H,4-5,10,12H2,1-3H3. The quantitative estimate of drug-likeness (QED) is 0.444. The van der Waals surface area contributed by atoms with Crippen LogP contribution >= 0.6 is 11.6 Å². The number of unbranched alkanes of at least 4 members (excludes halogenated alkanes) is 1. The second-order valence-corrected chi connectivity index (χ2v) is 6.64. The van der Waals surface area contributed by atoms with Gasteiger partial charge in [-0.25, -0.2) is 14.8 Å². The summed E-state index contributed by atoms with van der Waals surface area (Å²) in [5.41, 5.74) is 2.51. The number of pyridine rings is 1. The first-order valence-electron chi connectivity index (χ1n) is 8.87. The van der Waals surface area contributed by atoms with Crippen LogP contribution in [0.15, 0.2) is 30.3 Å². The van der Waals surface area contributed by atoms with E-state index in [9.17, 15) is 4.79 Å². The molecule has 0 fully saturated rings. The molecule has 0 radical (unpaired) electrons. The van der Waals surface area contributed by atoms with Crippen LogP contribution in [0, 0.1) is 6.92 Å². The van der Waals surface area contributed by atoms with Crippen LogP contribution in [-0.4, -0.2) is 34.2 Å². The molecule has 0 bridgehead atoms. The Morgan fingerprint density at radius 3 is 2.74 bits per heavy atom. The Bertz CT molecular complexity index is 969. The van der Waals surface area contributed by atoms with E-state index >= 15 is 0 Å². The van der Waals surface area contributed by atoms with Crippen molar-refractivity contribution in [1.82, 2.24) is 14.5 Å². The second-order valence-electron chi connectivity index (χ2n) is 6.23. The van der Waals surface area contributed by atoms with Crippen LogP contribution in [0.5, 0.6) is 5.75 Å². The lowest BCUT2D eigenvalue weighted by Gasteiger charge is -2.11. The number of aromatic nitrogens is 3. The molecule has 2 aromatic heterocycles. The molecule has 0 N–H and O–H groups in total. The topological polar surface area (TPSA) is 66.2 Å². The zero-order valence-electron chi connectivity index (χ0n) is 15.7. The van der Waals surface area contributed by atoms with Crippen molar-refractivity contribution in [2.75, 3.05) is 13.7 Å². The van der Waals surface area contributed by atoms with Crippen molar-refractivity contribution in [3.8, 4) is 5.75 Å². The summed E-state index contributed by atoms with van der Waals surface area (Å²) in [6.45, 7) is 5.19. The highest BCUT2D eigenvalue weighted by Crippen LogP contribution is 2.25. The molecule has 0 aliphatic carbocycles. The number of halogens is 1. The molecule has 0 amide bonds. The number of hydrogen-bond acceptors (Lipinski definition) is 5. The number of methoxy groups -OCH3 is 1. The lowest BCUT2D eigenvalue weighted by atomic mass is 10.2. The molecular weight excluding hydrogens is 366 g/mol. The average Bonchev–Trinajstić information content (AvgIpc) is 2.98. The Hall–Kier alpha value is -2.60. The molecule has 1 aromatic carbocycles. The number of carbonyl (C=O) groups is 1. The van der Waals surface area contributed by atoms with E-state index in [4.69, 9.17) is 21.1 Å². The normalized spacial score (nSPS) is 11.0. The third-order valence-corrected chi connectivity index (χ3v) is 4.65. The van der Waals surface area contributed by atoms with E-state index in [1.54, 1.807) is 12.1 Å². The molecule has 3 aromatic rings. The minimum absolute atomic E-state index is 0.247. The largest absolute Gasteiger partial charge is 0.494 e. The fourth-order valence-electron chi connectivity index (χ4n) is 2.77. The molecule has 3 rings (SSSR count). The van der Waals surface area contributed by atoms with Gasteiger partial charge in [0.15, 0.2) is 11.3 Å². The maximum absolute atomic E-state index is 11.8. The number of imidazole rings is 1. The van der Waals surface area contributed by atoms with Gasteiger partial charge in [-0.3, -0.25) is 0 Å². The van der Waals surface area contributed by atoms with Gasteiger partial charge in [-0.1, -0.05) is 31.0 Å². The molecule has 142 valence electrons. The molecule has 27 heavy (non-hydrogen) atoms. The van der Waals surface area contributed by atoms with E-state index in [0.29, 0.717) is 23.8 Å². The molecule has 7 heteroatoms. The zero-order valence-corrected chi connectivity index (χ0v) is 16.4. The fourth-order valence-corrected chi connectivity index (χ4v) is 3.00. The summed E-state index contributed by atoms with van der Waals surface area (Å²) in [5, 5.41) is 0.620. The van der Waals surface area contributed by atoms with Gasteiger partial charge in [-0.2, -0.15) is 0 Å².